The maximum atomic E-state index is 13.1. The van der Waals surface area contributed by atoms with E-state index in [4.69, 9.17) is 11.1 Å². The number of aliphatic imine (C=N–C) groups is 1. The van der Waals surface area contributed by atoms with Crippen molar-refractivity contribution in [3.63, 3.8) is 0 Å². The number of hydrogen-bond acceptors (Lipinski definition) is 5. The molecule has 2 aromatic rings. The van der Waals surface area contributed by atoms with E-state index in [2.05, 4.69) is 10.3 Å². The maximum absolute atomic E-state index is 13.1. The third kappa shape index (κ3) is 5.54. The van der Waals surface area contributed by atoms with E-state index in [1.165, 1.54) is 36.7 Å². The van der Waals surface area contributed by atoms with Crippen molar-refractivity contribution in [1.82, 2.24) is 0 Å². The van der Waals surface area contributed by atoms with Crippen LogP contribution < -0.4 is 11.1 Å². The highest BCUT2D eigenvalue weighted by Gasteiger charge is 2.11. The summed E-state index contributed by atoms with van der Waals surface area (Å²) in [5.74, 6) is -0.945. The minimum atomic E-state index is -0.559. The van der Waals surface area contributed by atoms with Crippen LogP contribution in [0.1, 0.15) is 0 Å². The van der Waals surface area contributed by atoms with Crippen LogP contribution in [-0.2, 0) is 4.79 Å². The molecule has 0 spiro atoms. The Morgan fingerprint density at radius 1 is 1.12 bits per heavy atom. The number of hydrogen-bond donors (Lipinski definition) is 3. The van der Waals surface area contributed by atoms with E-state index in [-0.39, 0.29) is 17.2 Å². The molecule has 2 aromatic carbocycles. The summed E-state index contributed by atoms with van der Waals surface area (Å²) in [6.07, 6.45) is 5.13. The van der Waals surface area contributed by atoms with Gasteiger partial charge in [-0.1, -0.05) is 24.3 Å². The third-order valence-corrected chi connectivity index (χ3v) is 3.07. The number of para-hydroxylation sites is 1. The molecule has 0 amide bonds. The Morgan fingerprint density at radius 3 is 2.56 bits per heavy atom. The predicted molar refractivity (Wildman–Crippen MR) is 98.8 cm³/mol. The molecule has 0 aliphatic carbocycles. The molecule has 0 aliphatic heterocycles. The summed E-state index contributed by atoms with van der Waals surface area (Å²) in [6.45, 7) is 0. The number of allylic oxidation sites excluding steroid dienone is 2. The average Bonchev–Trinajstić information content (AvgIpc) is 2.61. The molecule has 0 bridgehead atoms. The van der Waals surface area contributed by atoms with Crippen LogP contribution in [-0.4, -0.2) is 17.2 Å². The lowest BCUT2D eigenvalue weighted by Crippen LogP contribution is -2.20. The first-order chi connectivity index (χ1) is 12.1. The van der Waals surface area contributed by atoms with Gasteiger partial charge in [0.15, 0.2) is 0 Å². The molecule has 5 nitrogen and oxygen atoms in total. The number of rotatable bonds is 7. The molecule has 0 radical (unpaired) electrons. The number of carbonyl (C=O) groups excluding carboxylic acids is 1. The van der Waals surface area contributed by atoms with Gasteiger partial charge in [0, 0.05) is 18.0 Å². The molecule has 4 N–H and O–H groups in total. The Bertz CT molecular complexity index is 842. The molecule has 6 heteroatoms. The van der Waals surface area contributed by atoms with Gasteiger partial charge in [-0.05, 0) is 42.6 Å². The summed E-state index contributed by atoms with van der Waals surface area (Å²) < 4.78 is 13.1. The van der Waals surface area contributed by atoms with Gasteiger partial charge in [0.25, 0.3) is 0 Å². The molecule has 0 fully saturated rings. The van der Waals surface area contributed by atoms with Crippen LogP contribution in [0.3, 0.4) is 0 Å². The smallest absolute Gasteiger partial charge is 0.207 e. The van der Waals surface area contributed by atoms with E-state index in [0.29, 0.717) is 11.4 Å². The molecule has 0 unspecified atom stereocenters. The molecule has 0 saturated carbocycles. The first-order valence-electron chi connectivity index (χ1n) is 7.44. The predicted octanol–water partition coefficient (Wildman–Crippen LogP) is 3.59. The third-order valence-electron chi connectivity index (χ3n) is 3.07. The zero-order valence-electron chi connectivity index (χ0n) is 13.3. The van der Waals surface area contributed by atoms with E-state index in [1.54, 1.807) is 36.4 Å². The van der Waals surface area contributed by atoms with Crippen LogP contribution in [0.5, 0.6) is 0 Å². The van der Waals surface area contributed by atoms with Gasteiger partial charge in [-0.3, -0.25) is 10.2 Å². The summed E-state index contributed by atoms with van der Waals surface area (Å²) in [5.41, 5.74) is 6.32. The van der Waals surface area contributed by atoms with Crippen molar-refractivity contribution >= 4 is 28.6 Å². The Kier molecular flexibility index (Phi) is 6.36. The molecule has 0 aromatic heterocycles. The van der Waals surface area contributed by atoms with Crippen molar-refractivity contribution in [2.24, 2.45) is 10.7 Å². The van der Waals surface area contributed by atoms with Crippen LogP contribution in [0.2, 0.25) is 0 Å². The Balaban J connectivity index is 2.09. The highest BCUT2D eigenvalue weighted by molar-refractivity contribution is 6.70. The van der Waals surface area contributed by atoms with Gasteiger partial charge in [-0.15, -0.1) is 0 Å². The molecular formula is C19H17FN4O. The van der Waals surface area contributed by atoms with Crippen molar-refractivity contribution in [3.8, 4) is 0 Å². The Hall–Kier alpha value is -3.54. The summed E-state index contributed by atoms with van der Waals surface area (Å²) in [4.78, 5) is 16.4. The van der Waals surface area contributed by atoms with E-state index in [1.807, 2.05) is 6.07 Å². The van der Waals surface area contributed by atoms with Gasteiger partial charge < -0.3 is 11.1 Å². The highest BCUT2D eigenvalue weighted by atomic mass is 19.1. The number of benzene rings is 2. The number of carbonyl (C=O) groups is 1. The normalized spacial score (nSPS) is 11.8. The van der Waals surface area contributed by atoms with Crippen molar-refractivity contribution in [2.75, 3.05) is 5.32 Å². The van der Waals surface area contributed by atoms with E-state index in [9.17, 15) is 9.18 Å². The quantitative estimate of drug-likeness (QED) is 0.533. The lowest BCUT2D eigenvalue weighted by Gasteiger charge is -2.02. The zero-order chi connectivity index (χ0) is 18.1. The summed E-state index contributed by atoms with van der Waals surface area (Å²) in [6, 6.07) is 14.8. The molecule has 126 valence electrons. The van der Waals surface area contributed by atoms with E-state index < -0.39 is 5.78 Å². The monoisotopic (exact) mass is 336 g/mol. The first-order valence-corrected chi connectivity index (χ1v) is 7.44. The molecule has 0 heterocycles. The number of nitrogens with two attached hydrogens (primary N) is 1. The number of nitrogens with one attached hydrogen (secondary N) is 2. The first kappa shape index (κ1) is 17.8. The SMILES string of the molecule is N=C(C(=O)C=CNc1cccc(F)c1)C(C=CN)=Nc1ccccc1. The Labute approximate surface area is 144 Å². The van der Waals surface area contributed by atoms with Crippen LogP contribution >= 0.6 is 0 Å². The second kappa shape index (κ2) is 8.93. The lowest BCUT2D eigenvalue weighted by molar-refractivity contribution is -0.108. The number of halogens is 1. The minimum Gasteiger partial charge on any atom is -0.405 e. The van der Waals surface area contributed by atoms with E-state index >= 15 is 0 Å². The van der Waals surface area contributed by atoms with E-state index in [0.717, 1.165) is 0 Å². The highest BCUT2D eigenvalue weighted by Crippen LogP contribution is 2.11. The summed E-state index contributed by atoms with van der Waals surface area (Å²) in [7, 11) is 0. The van der Waals surface area contributed by atoms with Crippen molar-refractivity contribution in [3.05, 3.63) is 85.0 Å². The minimum absolute atomic E-state index is 0.147. The lowest BCUT2D eigenvalue weighted by atomic mass is 10.1. The van der Waals surface area contributed by atoms with Gasteiger partial charge in [-0.2, -0.15) is 0 Å². The van der Waals surface area contributed by atoms with Gasteiger partial charge in [0.1, 0.15) is 11.5 Å². The fourth-order valence-corrected chi connectivity index (χ4v) is 1.91. The fraction of sp³-hybridized carbons (Fsp3) is 0. The molecule has 0 saturated heterocycles. The van der Waals surface area contributed by atoms with Crippen LogP contribution in [0.15, 0.2) is 84.1 Å². The molecule has 0 atom stereocenters. The summed E-state index contributed by atoms with van der Waals surface area (Å²) in [5, 5.41) is 10.8. The average molecular weight is 336 g/mol. The Morgan fingerprint density at radius 2 is 1.88 bits per heavy atom. The second-order valence-electron chi connectivity index (χ2n) is 4.92. The maximum Gasteiger partial charge on any atom is 0.207 e. The van der Waals surface area contributed by atoms with Gasteiger partial charge >= 0.3 is 0 Å². The van der Waals surface area contributed by atoms with Crippen LogP contribution in [0, 0.1) is 11.2 Å². The van der Waals surface area contributed by atoms with Gasteiger partial charge in [0.05, 0.1) is 11.4 Å². The van der Waals surface area contributed by atoms with Crippen molar-refractivity contribution in [1.29, 1.82) is 5.41 Å². The zero-order valence-corrected chi connectivity index (χ0v) is 13.3. The fourth-order valence-electron chi connectivity index (χ4n) is 1.91. The summed E-state index contributed by atoms with van der Waals surface area (Å²) >= 11 is 0. The number of anilines is 1. The molecule has 25 heavy (non-hydrogen) atoms. The number of nitrogens with zero attached hydrogens (tertiary/aromatic N) is 1. The molecular weight excluding hydrogens is 319 g/mol. The van der Waals surface area contributed by atoms with Gasteiger partial charge in [0.2, 0.25) is 5.78 Å². The van der Waals surface area contributed by atoms with Crippen LogP contribution in [0.4, 0.5) is 15.8 Å². The van der Waals surface area contributed by atoms with Crippen LogP contribution in [0.25, 0.3) is 0 Å². The van der Waals surface area contributed by atoms with Crippen molar-refractivity contribution in [2.45, 2.75) is 0 Å². The largest absolute Gasteiger partial charge is 0.405 e. The molecule has 2 rings (SSSR count). The van der Waals surface area contributed by atoms with Gasteiger partial charge in [-0.25, -0.2) is 9.38 Å². The van der Waals surface area contributed by atoms with Crippen molar-refractivity contribution < 1.29 is 9.18 Å². The topological polar surface area (TPSA) is 91.3 Å². The molecule has 0 aliphatic rings. The standard InChI is InChI=1S/C19H17FN4O/c20-14-5-4-8-16(13-14)23-12-10-18(25)19(22)17(9-11-21)24-15-6-2-1-3-7-15/h1-13,22-23H,21H2. The number of ketones is 1. The second-order valence-corrected chi connectivity index (χ2v) is 4.92.